The molecule has 110 valence electrons. The minimum atomic E-state index is 0.116. The fraction of sp³-hybridized carbons (Fsp3) is 0.353. The fourth-order valence-corrected chi connectivity index (χ4v) is 2.56. The Balaban J connectivity index is 1.73. The molecule has 4 heteroatoms. The van der Waals surface area contributed by atoms with Gasteiger partial charge in [0.2, 0.25) is 0 Å². The van der Waals surface area contributed by atoms with E-state index >= 15 is 0 Å². The molecule has 0 N–H and O–H groups in total. The van der Waals surface area contributed by atoms with Crippen LogP contribution in [-0.4, -0.2) is 48.9 Å². The van der Waals surface area contributed by atoms with Gasteiger partial charge in [0.05, 0.1) is 0 Å². The molecule has 1 amide bonds. The van der Waals surface area contributed by atoms with Gasteiger partial charge in [-0.2, -0.15) is 0 Å². The van der Waals surface area contributed by atoms with Gasteiger partial charge in [-0.1, -0.05) is 12.1 Å². The molecule has 3 rings (SSSR count). The Kier molecular flexibility index (Phi) is 3.80. The van der Waals surface area contributed by atoms with E-state index in [0.717, 1.165) is 48.8 Å². The summed E-state index contributed by atoms with van der Waals surface area (Å²) in [7, 11) is 2.09. The van der Waals surface area contributed by atoms with Crippen molar-refractivity contribution in [3.05, 3.63) is 47.7 Å². The van der Waals surface area contributed by atoms with E-state index < -0.39 is 0 Å². The largest absolute Gasteiger partial charge is 0.461 e. The van der Waals surface area contributed by atoms with Gasteiger partial charge in [0.1, 0.15) is 11.5 Å². The minimum absolute atomic E-state index is 0.116. The van der Waals surface area contributed by atoms with Crippen LogP contribution in [0.1, 0.15) is 16.1 Å². The lowest BCUT2D eigenvalue weighted by Gasteiger charge is -2.32. The number of hydrogen-bond acceptors (Lipinski definition) is 3. The molecule has 0 radical (unpaired) electrons. The van der Waals surface area contributed by atoms with E-state index in [9.17, 15) is 4.79 Å². The molecule has 0 unspecified atom stereocenters. The second kappa shape index (κ2) is 5.74. The molecule has 0 saturated carbocycles. The van der Waals surface area contributed by atoms with Gasteiger partial charge in [-0.25, -0.2) is 0 Å². The van der Waals surface area contributed by atoms with E-state index in [-0.39, 0.29) is 5.91 Å². The number of piperazine rings is 1. The molecule has 0 spiro atoms. The highest BCUT2D eigenvalue weighted by atomic mass is 16.3. The van der Waals surface area contributed by atoms with Gasteiger partial charge < -0.3 is 14.2 Å². The summed E-state index contributed by atoms with van der Waals surface area (Å²) in [5.74, 6) is 1.85. The van der Waals surface area contributed by atoms with Crippen LogP contribution in [0.4, 0.5) is 0 Å². The molecule has 21 heavy (non-hydrogen) atoms. The highest BCUT2D eigenvalue weighted by Crippen LogP contribution is 2.22. The van der Waals surface area contributed by atoms with Crippen LogP contribution >= 0.6 is 0 Å². The quantitative estimate of drug-likeness (QED) is 0.850. The number of nitrogens with zero attached hydrogens (tertiary/aromatic N) is 2. The topological polar surface area (TPSA) is 36.7 Å². The Bertz CT molecular complexity index is 622. The lowest BCUT2D eigenvalue weighted by Crippen LogP contribution is -2.47. The number of carbonyl (C=O) groups excluding carboxylic acids is 1. The maximum Gasteiger partial charge on any atom is 0.253 e. The van der Waals surface area contributed by atoms with Crippen molar-refractivity contribution in [2.75, 3.05) is 33.2 Å². The fourth-order valence-electron chi connectivity index (χ4n) is 2.56. The van der Waals surface area contributed by atoms with Crippen molar-refractivity contribution in [2.45, 2.75) is 6.92 Å². The molecule has 0 atom stereocenters. The van der Waals surface area contributed by atoms with E-state index in [1.54, 1.807) is 0 Å². The molecule has 1 fully saturated rings. The zero-order chi connectivity index (χ0) is 14.8. The standard InChI is InChI=1S/C17H20N2O2/c1-13-3-8-16(21-13)14-4-6-15(7-5-14)17(20)19-11-9-18(2)10-12-19/h3-8H,9-12H2,1-2H3. The SMILES string of the molecule is Cc1ccc(-c2ccc(C(=O)N3CCN(C)CC3)cc2)o1. The Hall–Kier alpha value is -2.07. The zero-order valence-electron chi connectivity index (χ0n) is 12.5. The number of carbonyl (C=O) groups is 1. The van der Waals surface area contributed by atoms with Crippen LogP contribution in [0.15, 0.2) is 40.8 Å². The smallest absolute Gasteiger partial charge is 0.253 e. The minimum Gasteiger partial charge on any atom is -0.461 e. The molecule has 1 aromatic carbocycles. The van der Waals surface area contributed by atoms with Crippen molar-refractivity contribution in [1.82, 2.24) is 9.80 Å². The number of likely N-dealkylation sites (N-methyl/N-ethyl adjacent to an activating group) is 1. The van der Waals surface area contributed by atoms with Crippen molar-refractivity contribution in [3.8, 4) is 11.3 Å². The van der Waals surface area contributed by atoms with Crippen LogP contribution in [0.25, 0.3) is 11.3 Å². The summed E-state index contributed by atoms with van der Waals surface area (Å²) in [6, 6.07) is 11.6. The average molecular weight is 284 g/mol. The molecule has 0 bridgehead atoms. The normalized spacial score (nSPS) is 16.2. The molecular weight excluding hydrogens is 264 g/mol. The zero-order valence-corrected chi connectivity index (χ0v) is 12.5. The van der Waals surface area contributed by atoms with Crippen molar-refractivity contribution in [1.29, 1.82) is 0 Å². The maximum absolute atomic E-state index is 12.4. The van der Waals surface area contributed by atoms with Gasteiger partial charge >= 0.3 is 0 Å². The molecule has 1 saturated heterocycles. The van der Waals surface area contributed by atoms with Crippen LogP contribution in [0.2, 0.25) is 0 Å². The molecule has 2 aromatic rings. The molecule has 4 nitrogen and oxygen atoms in total. The summed E-state index contributed by atoms with van der Waals surface area (Å²) >= 11 is 0. The Morgan fingerprint density at radius 1 is 1.00 bits per heavy atom. The second-order valence-corrected chi connectivity index (χ2v) is 5.58. The Morgan fingerprint density at radius 3 is 2.24 bits per heavy atom. The molecule has 1 aliphatic heterocycles. The highest BCUT2D eigenvalue weighted by molar-refractivity contribution is 5.94. The van der Waals surface area contributed by atoms with Crippen LogP contribution in [0, 0.1) is 6.92 Å². The predicted octanol–water partition coefficient (Wildman–Crippen LogP) is 2.64. The molecule has 2 heterocycles. The van der Waals surface area contributed by atoms with Gasteiger partial charge in [0, 0.05) is 37.3 Å². The van der Waals surface area contributed by atoms with Crippen molar-refractivity contribution in [2.24, 2.45) is 0 Å². The first-order chi connectivity index (χ1) is 10.1. The third-order valence-electron chi connectivity index (χ3n) is 3.95. The summed E-state index contributed by atoms with van der Waals surface area (Å²) in [5, 5.41) is 0. The van der Waals surface area contributed by atoms with E-state index in [2.05, 4.69) is 11.9 Å². The molecular formula is C17H20N2O2. The van der Waals surface area contributed by atoms with E-state index in [0.29, 0.717) is 0 Å². The summed E-state index contributed by atoms with van der Waals surface area (Å²) in [6.07, 6.45) is 0. The number of benzene rings is 1. The molecule has 1 aromatic heterocycles. The monoisotopic (exact) mass is 284 g/mol. The van der Waals surface area contributed by atoms with Gasteiger partial charge in [-0.05, 0) is 38.2 Å². The predicted molar refractivity (Wildman–Crippen MR) is 82.3 cm³/mol. The van der Waals surface area contributed by atoms with Crippen molar-refractivity contribution >= 4 is 5.91 Å². The Labute approximate surface area is 125 Å². The lowest BCUT2D eigenvalue weighted by atomic mass is 10.1. The van der Waals surface area contributed by atoms with Gasteiger partial charge in [0.15, 0.2) is 0 Å². The summed E-state index contributed by atoms with van der Waals surface area (Å²) in [5.41, 5.74) is 1.74. The first kappa shape index (κ1) is 13.9. The number of rotatable bonds is 2. The van der Waals surface area contributed by atoms with Gasteiger partial charge in [-0.15, -0.1) is 0 Å². The highest BCUT2D eigenvalue weighted by Gasteiger charge is 2.20. The molecule has 0 aliphatic carbocycles. The third kappa shape index (κ3) is 3.00. The number of hydrogen-bond donors (Lipinski definition) is 0. The van der Waals surface area contributed by atoms with Gasteiger partial charge in [0.25, 0.3) is 5.91 Å². The number of aryl methyl sites for hydroxylation is 1. The van der Waals surface area contributed by atoms with Crippen LogP contribution in [-0.2, 0) is 0 Å². The van der Waals surface area contributed by atoms with Crippen LogP contribution in [0.5, 0.6) is 0 Å². The van der Waals surface area contributed by atoms with Crippen LogP contribution in [0.3, 0.4) is 0 Å². The Morgan fingerprint density at radius 2 is 1.67 bits per heavy atom. The first-order valence-corrected chi connectivity index (χ1v) is 7.28. The average Bonchev–Trinajstić information content (AvgIpc) is 2.94. The first-order valence-electron chi connectivity index (χ1n) is 7.28. The maximum atomic E-state index is 12.4. The van der Waals surface area contributed by atoms with Crippen molar-refractivity contribution in [3.63, 3.8) is 0 Å². The second-order valence-electron chi connectivity index (χ2n) is 5.58. The summed E-state index contributed by atoms with van der Waals surface area (Å²) in [4.78, 5) is 16.6. The van der Waals surface area contributed by atoms with E-state index in [1.165, 1.54) is 0 Å². The molecule has 1 aliphatic rings. The lowest BCUT2D eigenvalue weighted by molar-refractivity contribution is 0.0664. The summed E-state index contributed by atoms with van der Waals surface area (Å²) < 4.78 is 5.60. The van der Waals surface area contributed by atoms with Crippen LogP contribution < -0.4 is 0 Å². The van der Waals surface area contributed by atoms with Crippen molar-refractivity contribution < 1.29 is 9.21 Å². The van der Waals surface area contributed by atoms with E-state index in [1.807, 2.05) is 48.2 Å². The number of furan rings is 1. The summed E-state index contributed by atoms with van der Waals surface area (Å²) in [6.45, 7) is 5.41. The number of amides is 1. The van der Waals surface area contributed by atoms with Gasteiger partial charge in [-0.3, -0.25) is 4.79 Å². The third-order valence-corrected chi connectivity index (χ3v) is 3.95. The van der Waals surface area contributed by atoms with E-state index in [4.69, 9.17) is 4.42 Å².